The summed E-state index contributed by atoms with van der Waals surface area (Å²) in [7, 11) is 0. The third-order valence-electron chi connectivity index (χ3n) is 5.31. The van der Waals surface area contributed by atoms with Gasteiger partial charge in [-0.15, -0.1) is 6.58 Å². The zero-order valence-corrected chi connectivity index (χ0v) is 27.9. The maximum absolute atomic E-state index is 3.86. The maximum Gasteiger partial charge on any atom is -0.0228 e. The van der Waals surface area contributed by atoms with Crippen LogP contribution in [-0.2, 0) is 12.8 Å². The fourth-order valence-corrected chi connectivity index (χ4v) is 2.73. The van der Waals surface area contributed by atoms with Gasteiger partial charge in [-0.25, -0.2) is 0 Å². The molecule has 2 aromatic carbocycles. The van der Waals surface area contributed by atoms with E-state index in [-0.39, 0.29) is 0 Å². The van der Waals surface area contributed by atoms with Gasteiger partial charge in [-0.3, -0.25) is 0 Å². The molecule has 38 heavy (non-hydrogen) atoms. The Bertz CT molecular complexity index is 942. The largest absolute Gasteiger partial charge is 0.100 e. The predicted molar refractivity (Wildman–Crippen MR) is 183 cm³/mol. The molecule has 0 N–H and O–H groups in total. The second-order valence-corrected chi connectivity index (χ2v) is 8.97. The molecule has 0 fully saturated rings. The highest BCUT2D eigenvalue weighted by atomic mass is 14.0. The molecule has 0 bridgehead atoms. The molecule has 2 aromatic rings. The monoisotopic (exact) mass is 518 g/mol. The third-order valence-corrected chi connectivity index (χ3v) is 5.31. The van der Waals surface area contributed by atoms with E-state index in [0.29, 0.717) is 0 Å². The Kier molecular flexibility index (Phi) is 30.2. The van der Waals surface area contributed by atoms with Gasteiger partial charge >= 0.3 is 0 Å². The minimum absolute atomic E-state index is 1.05. The molecule has 0 aliphatic carbocycles. The van der Waals surface area contributed by atoms with Crippen molar-refractivity contribution in [3.05, 3.63) is 124 Å². The molecule has 0 saturated heterocycles. The van der Waals surface area contributed by atoms with E-state index in [9.17, 15) is 0 Å². The summed E-state index contributed by atoms with van der Waals surface area (Å²) in [6.45, 7) is 43.7. The van der Waals surface area contributed by atoms with Gasteiger partial charge in [0.15, 0.2) is 0 Å². The number of hydrogen-bond acceptors (Lipinski definition) is 0. The van der Waals surface area contributed by atoms with E-state index in [2.05, 4.69) is 97.3 Å². The van der Waals surface area contributed by atoms with Crippen molar-refractivity contribution in [2.45, 2.75) is 110 Å². The van der Waals surface area contributed by atoms with Gasteiger partial charge in [0.05, 0.1) is 0 Å². The van der Waals surface area contributed by atoms with Crippen molar-refractivity contribution < 1.29 is 0 Å². The molecule has 0 spiro atoms. The van der Waals surface area contributed by atoms with Crippen molar-refractivity contribution in [1.29, 1.82) is 0 Å². The van der Waals surface area contributed by atoms with Crippen LogP contribution in [0.3, 0.4) is 0 Å². The molecule has 0 heteroatoms. The van der Waals surface area contributed by atoms with Gasteiger partial charge in [0.1, 0.15) is 0 Å². The van der Waals surface area contributed by atoms with Crippen molar-refractivity contribution in [3.63, 3.8) is 0 Å². The lowest BCUT2D eigenvalue weighted by Gasteiger charge is -2.07. The minimum Gasteiger partial charge on any atom is -0.100 e. The number of rotatable bonds is 5. The molecule has 0 atom stereocenters. The first-order valence-corrected chi connectivity index (χ1v) is 14.2. The molecular formula is C38H62. The molecule has 0 amide bonds. The number of benzene rings is 2. The Labute approximate surface area is 240 Å². The molecular weight excluding hydrogens is 456 g/mol. The first kappa shape index (κ1) is 42.2. The third kappa shape index (κ3) is 22.3. The molecule has 0 nitrogen and oxygen atoms in total. The Morgan fingerprint density at radius 1 is 0.737 bits per heavy atom. The topological polar surface area (TPSA) is 0 Å². The summed E-state index contributed by atoms with van der Waals surface area (Å²) >= 11 is 0. The van der Waals surface area contributed by atoms with Gasteiger partial charge in [0.2, 0.25) is 0 Å². The van der Waals surface area contributed by atoms with Crippen molar-refractivity contribution >= 4 is 6.08 Å². The lowest BCUT2D eigenvalue weighted by Crippen LogP contribution is -1.90. The highest BCUT2D eigenvalue weighted by Crippen LogP contribution is 2.17. The predicted octanol–water partition coefficient (Wildman–Crippen LogP) is 12.8. The van der Waals surface area contributed by atoms with E-state index in [1.165, 1.54) is 44.5 Å². The molecule has 2 rings (SSSR count). The van der Waals surface area contributed by atoms with Crippen LogP contribution in [0.1, 0.15) is 110 Å². The summed E-state index contributed by atoms with van der Waals surface area (Å²) in [5, 5.41) is 0. The molecule has 0 unspecified atom stereocenters. The minimum atomic E-state index is 1.05. The van der Waals surface area contributed by atoms with Crippen molar-refractivity contribution in [3.8, 4) is 0 Å². The number of hydrogen-bond donors (Lipinski definition) is 0. The van der Waals surface area contributed by atoms with Crippen molar-refractivity contribution in [2.24, 2.45) is 0 Å². The molecule has 0 aliphatic heterocycles. The van der Waals surface area contributed by atoms with E-state index in [1.807, 2.05) is 74.5 Å². The summed E-state index contributed by atoms with van der Waals surface area (Å²) in [4.78, 5) is 0. The highest BCUT2D eigenvalue weighted by Gasteiger charge is 1.99. The van der Waals surface area contributed by atoms with E-state index < -0.39 is 0 Å². The first-order valence-electron chi connectivity index (χ1n) is 14.2. The maximum atomic E-state index is 3.86. The van der Waals surface area contributed by atoms with Crippen LogP contribution in [0.2, 0.25) is 0 Å². The fraction of sp³-hybridized carbons (Fsp3) is 0.421. The highest BCUT2D eigenvalue weighted by molar-refractivity contribution is 5.54. The number of allylic oxidation sites excluding steroid dienone is 5. The quantitative estimate of drug-likeness (QED) is 0.273. The van der Waals surface area contributed by atoms with Gasteiger partial charge in [-0.05, 0) is 107 Å². The summed E-state index contributed by atoms with van der Waals surface area (Å²) in [6.07, 6.45) is 6.20. The summed E-state index contributed by atoms with van der Waals surface area (Å²) in [5.41, 5.74) is 12.6. The Morgan fingerprint density at radius 2 is 1.16 bits per heavy atom. The van der Waals surface area contributed by atoms with Gasteiger partial charge < -0.3 is 0 Å². The van der Waals surface area contributed by atoms with Crippen LogP contribution >= 0.6 is 0 Å². The average molecular weight is 519 g/mol. The van der Waals surface area contributed by atoms with Crippen LogP contribution < -0.4 is 0 Å². The lowest BCUT2D eigenvalue weighted by molar-refractivity contribution is 1.11. The SMILES string of the molecule is C=C(C)C.C=C(C)C(=C)/C(C)=C\C.C=Cc1cc(C)c(C)cc1CC.CC.CC.CCc1ccc(C)cc1. The molecule has 214 valence electrons. The summed E-state index contributed by atoms with van der Waals surface area (Å²) in [5.74, 6) is 0. The standard InChI is InChI=1S/C12H16.C9H12.C9H14.C4H8.2C2H6/c1-5-11-7-9(3)10(4)8-12(11)6-2;1-3-9-6-4-8(2)5-7-9;1-6-8(4)9(5)7(2)3;1-4(2)3;2*1-2/h5,7-8H,1,6H2,2-4H3;4-7H,3H2,1-2H3;6H,2,5H2,1,3-4H3;1H2,2-3H3;2*1-2H3/b;;8-6-;;;. The molecule has 0 radical (unpaired) electrons. The smallest absolute Gasteiger partial charge is 0.0228 e. The summed E-state index contributed by atoms with van der Waals surface area (Å²) in [6, 6.07) is 13.1. The van der Waals surface area contributed by atoms with Crippen LogP contribution in [-0.4, -0.2) is 0 Å². The number of aryl methyl sites for hydroxylation is 5. The van der Waals surface area contributed by atoms with Gasteiger partial charge in [-0.1, -0.05) is 127 Å². The second kappa shape index (κ2) is 27.2. The van der Waals surface area contributed by atoms with Crippen LogP contribution in [0.15, 0.2) is 91.1 Å². The first-order chi connectivity index (χ1) is 17.8. The van der Waals surface area contributed by atoms with Crippen LogP contribution in [0.4, 0.5) is 0 Å². The molecule has 0 saturated carbocycles. The Morgan fingerprint density at radius 3 is 1.45 bits per heavy atom. The normalized spacial score (nSPS) is 9.05. The summed E-state index contributed by atoms with van der Waals surface area (Å²) < 4.78 is 0. The second-order valence-electron chi connectivity index (χ2n) is 8.97. The Balaban J connectivity index is -0.000000203. The van der Waals surface area contributed by atoms with Gasteiger partial charge in [0.25, 0.3) is 0 Å². The van der Waals surface area contributed by atoms with Crippen molar-refractivity contribution in [1.82, 2.24) is 0 Å². The Hall–Kier alpha value is -2.86. The fourth-order valence-electron chi connectivity index (χ4n) is 2.73. The van der Waals surface area contributed by atoms with E-state index >= 15 is 0 Å². The lowest BCUT2D eigenvalue weighted by atomic mass is 9.98. The van der Waals surface area contributed by atoms with Crippen LogP contribution in [0, 0.1) is 20.8 Å². The molecule has 0 heterocycles. The van der Waals surface area contributed by atoms with Crippen molar-refractivity contribution in [2.75, 3.05) is 0 Å². The zero-order valence-electron chi connectivity index (χ0n) is 27.9. The van der Waals surface area contributed by atoms with Crippen LogP contribution in [0.5, 0.6) is 0 Å². The van der Waals surface area contributed by atoms with E-state index in [4.69, 9.17) is 0 Å². The van der Waals surface area contributed by atoms with E-state index in [1.54, 1.807) is 0 Å². The average Bonchev–Trinajstić information content (AvgIpc) is 2.92. The van der Waals surface area contributed by atoms with Gasteiger partial charge in [-0.2, -0.15) is 0 Å². The van der Waals surface area contributed by atoms with Gasteiger partial charge in [0, 0.05) is 0 Å². The molecule has 0 aromatic heterocycles. The van der Waals surface area contributed by atoms with Crippen LogP contribution in [0.25, 0.3) is 6.08 Å². The van der Waals surface area contributed by atoms with E-state index in [0.717, 1.165) is 24.0 Å². The zero-order chi connectivity index (χ0) is 30.8. The molecule has 0 aliphatic rings.